The van der Waals surface area contributed by atoms with Crippen LogP contribution in [0.3, 0.4) is 0 Å². The van der Waals surface area contributed by atoms with Crippen LogP contribution >= 0.6 is 0 Å². The summed E-state index contributed by atoms with van der Waals surface area (Å²) in [5.41, 5.74) is 8.54. The lowest BCUT2D eigenvalue weighted by Crippen LogP contribution is -1.98. The lowest BCUT2D eigenvalue weighted by molar-refractivity contribution is 0.481. The molecule has 16 heteroatoms. The average Bonchev–Trinajstić information content (AvgIpc) is 3.18. The largest absolute Gasteiger partial charge is 0.505 e. The molecule has 8 aromatic carbocycles. The number of phenolic OH excluding ortho intramolecular Hbond substituents is 1. The number of nitrogens with zero attached hydrogens (tertiary/aromatic N) is 6. The Kier molecular flexibility index (Phi) is 9.02. The standard InChI is InChI=1S/C40H27N7O7S2/c41-25-10-13-28-24(20-25)9-15-38(40(28)48)47-46-37-19-18-36(31-14-12-27(22-33(31)37)55(49,50)51)45-44-35-17-16-34(29-5-1-2-6-30(29)35)43-42-26-11-8-23-4-3-7-39(32(23)21-26)56(52,53)54/h1-22,48H,41H2,(H,49,50,51)(H,52,53,54). The number of hydrogen-bond donors (Lipinski definition) is 4. The highest BCUT2D eigenvalue weighted by Crippen LogP contribution is 2.41. The maximum absolute atomic E-state index is 12.1. The molecule has 8 rings (SSSR count). The molecule has 0 aromatic heterocycles. The van der Waals surface area contributed by atoms with Crippen LogP contribution in [0, 0.1) is 0 Å². The van der Waals surface area contributed by atoms with E-state index in [1.807, 2.05) is 24.3 Å². The van der Waals surface area contributed by atoms with Gasteiger partial charge in [0, 0.05) is 38.0 Å². The van der Waals surface area contributed by atoms with E-state index >= 15 is 0 Å². The summed E-state index contributed by atoms with van der Waals surface area (Å²) in [5, 5.41) is 41.6. The maximum Gasteiger partial charge on any atom is 0.295 e. The van der Waals surface area contributed by atoms with Crippen LogP contribution < -0.4 is 5.73 Å². The van der Waals surface area contributed by atoms with Crippen molar-refractivity contribution in [2.24, 2.45) is 30.7 Å². The van der Waals surface area contributed by atoms with Crippen molar-refractivity contribution in [1.82, 2.24) is 0 Å². The average molecular weight is 782 g/mol. The van der Waals surface area contributed by atoms with Crippen molar-refractivity contribution in [1.29, 1.82) is 0 Å². The molecule has 0 aliphatic heterocycles. The van der Waals surface area contributed by atoms with Crippen LogP contribution in [0.5, 0.6) is 5.75 Å². The summed E-state index contributed by atoms with van der Waals surface area (Å²) in [6, 6.07) is 35.8. The molecule has 0 bridgehead atoms. The highest BCUT2D eigenvalue weighted by Gasteiger charge is 2.16. The van der Waals surface area contributed by atoms with Crippen LogP contribution in [-0.4, -0.2) is 31.0 Å². The van der Waals surface area contributed by atoms with Crippen LogP contribution in [0.15, 0.2) is 174 Å². The number of rotatable bonds is 8. The van der Waals surface area contributed by atoms with Gasteiger partial charge in [-0.3, -0.25) is 9.11 Å². The number of fused-ring (bicyclic) bond motifs is 4. The third-order valence-electron chi connectivity index (χ3n) is 9.02. The summed E-state index contributed by atoms with van der Waals surface area (Å²) in [4.78, 5) is -0.592. The number of azo groups is 3. The van der Waals surface area contributed by atoms with E-state index in [0.717, 1.165) is 0 Å². The van der Waals surface area contributed by atoms with E-state index < -0.39 is 20.2 Å². The molecule has 8 aromatic rings. The molecular weight excluding hydrogens is 755 g/mol. The Balaban J connectivity index is 1.15. The second-order valence-electron chi connectivity index (χ2n) is 12.6. The van der Waals surface area contributed by atoms with E-state index in [1.54, 1.807) is 78.9 Å². The predicted octanol–water partition coefficient (Wildman–Crippen LogP) is 11.3. The number of anilines is 1. The van der Waals surface area contributed by atoms with E-state index in [1.165, 1.54) is 30.3 Å². The number of aromatic hydroxyl groups is 1. The topological polar surface area (TPSA) is 229 Å². The Morgan fingerprint density at radius 2 is 0.982 bits per heavy atom. The second kappa shape index (κ2) is 14.0. The summed E-state index contributed by atoms with van der Waals surface area (Å²) in [6.45, 7) is 0. The summed E-state index contributed by atoms with van der Waals surface area (Å²) < 4.78 is 67.6. The Morgan fingerprint density at radius 1 is 0.429 bits per heavy atom. The molecule has 0 aliphatic rings. The summed E-state index contributed by atoms with van der Waals surface area (Å²) in [6.07, 6.45) is 0. The maximum atomic E-state index is 12.1. The van der Waals surface area contributed by atoms with Crippen LogP contribution in [0.1, 0.15) is 0 Å². The Labute approximate surface area is 318 Å². The van der Waals surface area contributed by atoms with Gasteiger partial charge in [0.1, 0.15) is 10.6 Å². The quantitative estimate of drug-likeness (QED) is 0.0656. The number of hydrogen-bond acceptors (Lipinski definition) is 12. The second-order valence-corrected chi connectivity index (χ2v) is 15.4. The van der Waals surface area contributed by atoms with Gasteiger partial charge in [-0.25, -0.2) is 0 Å². The lowest BCUT2D eigenvalue weighted by Gasteiger charge is -2.08. The Hall–Kier alpha value is -6.98. The molecule has 0 saturated carbocycles. The molecular formula is C40H27N7O7S2. The first-order valence-electron chi connectivity index (χ1n) is 16.7. The van der Waals surface area contributed by atoms with E-state index in [-0.39, 0.29) is 26.9 Å². The van der Waals surface area contributed by atoms with Crippen molar-refractivity contribution in [3.8, 4) is 5.75 Å². The molecule has 0 heterocycles. The van der Waals surface area contributed by atoms with Crippen molar-refractivity contribution >= 4 is 103 Å². The summed E-state index contributed by atoms with van der Waals surface area (Å²) >= 11 is 0. The number of nitrogens with two attached hydrogens (primary N) is 1. The van der Waals surface area contributed by atoms with Crippen LogP contribution in [-0.2, 0) is 20.2 Å². The molecule has 0 unspecified atom stereocenters. The first kappa shape index (κ1) is 36.0. The van der Waals surface area contributed by atoms with Crippen molar-refractivity contribution < 1.29 is 31.0 Å². The fourth-order valence-corrected chi connectivity index (χ4v) is 7.53. The van der Waals surface area contributed by atoms with Gasteiger partial charge < -0.3 is 10.8 Å². The molecule has 0 atom stereocenters. The fraction of sp³-hybridized carbons (Fsp3) is 0. The van der Waals surface area contributed by atoms with Gasteiger partial charge in [0.05, 0.1) is 33.3 Å². The van der Waals surface area contributed by atoms with Crippen molar-refractivity contribution in [2.75, 3.05) is 5.73 Å². The van der Waals surface area contributed by atoms with Crippen molar-refractivity contribution in [2.45, 2.75) is 9.79 Å². The minimum absolute atomic E-state index is 0.109. The van der Waals surface area contributed by atoms with Crippen LogP contribution in [0.4, 0.5) is 39.8 Å². The molecule has 56 heavy (non-hydrogen) atoms. The normalized spacial score (nSPS) is 12.7. The van der Waals surface area contributed by atoms with Crippen LogP contribution in [0.2, 0.25) is 0 Å². The molecule has 0 radical (unpaired) electrons. The van der Waals surface area contributed by atoms with Gasteiger partial charge in [0.15, 0.2) is 5.75 Å². The molecule has 0 amide bonds. The van der Waals surface area contributed by atoms with Gasteiger partial charge in [0.25, 0.3) is 20.2 Å². The van der Waals surface area contributed by atoms with E-state index in [4.69, 9.17) is 5.73 Å². The molecule has 0 spiro atoms. The summed E-state index contributed by atoms with van der Waals surface area (Å²) in [7, 11) is -9.04. The zero-order chi connectivity index (χ0) is 39.2. The fourth-order valence-electron chi connectivity index (χ4n) is 6.32. The van der Waals surface area contributed by atoms with Crippen LogP contribution in [0.25, 0.3) is 43.1 Å². The highest BCUT2D eigenvalue weighted by molar-refractivity contribution is 7.86. The van der Waals surface area contributed by atoms with Crippen molar-refractivity contribution in [3.05, 3.63) is 133 Å². The molecule has 0 saturated heterocycles. The predicted molar refractivity (Wildman–Crippen MR) is 214 cm³/mol. The lowest BCUT2D eigenvalue weighted by atomic mass is 10.1. The van der Waals surface area contributed by atoms with Crippen molar-refractivity contribution in [3.63, 3.8) is 0 Å². The smallest absolute Gasteiger partial charge is 0.295 e. The van der Waals surface area contributed by atoms with Gasteiger partial charge in [0.2, 0.25) is 0 Å². The Bertz CT molecular complexity index is 3240. The number of benzene rings is 8. The minimum atomic E-state index is -4.58. The third-order valence-corrected chi connectivity index (χ3v) is 10.8. The molecule has 14 nitrogen and oxygen atoms in total. The molecule has 5 N–H and O–H groups in total. The molecule has 0 fully saturated rings. The Morgan fingerprint density at radius 3 is 1.62 bits per heavy atom. The summed E-state index contributed by atoms with van der Waals surface area (Å²) in [5.74, 6) is -0.109. The monoisotopic (exact) mass is 781 g/mol. The van der Waals surface area contributed by atoms with Gasteiger partial charge >= 0.3 is 0 Å². The van der Waals surface area contributed by atoms with E-state index in [0.29, 0.717) is 71.5 Å². The highest BCUT2D eigenvalue weighted by atomic mass is 32.2. The van der Waals surface area contributed by atoms with Gasteiger partial charge in [-0.2, -0.15) is 21.9 Å². The first-order chi connectivity index (χ1) is 26.8. The zero-order valence-electron chi connectivity index (χ0n) is 28.8. The van der Waals surface area contributed by atoms with Gasteiger partial charge in [-0.15, -0.1) is 25.6 Å². The minimum Gasteiger partial charge on any atom is -0.505 e. The van der Waals surface area contributed by atoms with E-state index in [2.05, 4.69) is 30.7 Å². The molecule has 0 aliphatic carbocycles. The van der Waals surface area contributed by atoms with Gasteiger partial charge in [-0.1, -0.05) is 54.6 Å². The first-order valence-corrected chi connectivity index (χ1v) is 19.5. The SMILES string of the molecule is Nc1ccc2c(O)c(N=Nc3ccc(N=Nc4ccc(N=Nc5ccc6cccc(S(=O)(=O)O)c6c5)c5ccccc45)c4ccc(S(=O)(=O)O)cc34)ccc2c1. The zero-order valence-corrected chi connectivity index (χ0v) is 30.4. The third kappa shape index (κ3) is 7.03. The van der Waals surface area contributed by atoms with Gasteiger partial charge in [-0.05, 0) is 89.6 Å². The number of phenols is 1. The number of nitrogen functional groups attached to an aromatic ring is 1. The van der Waals surface area contributed by atoms with E-state index in [9.17, 15) is 31.0 Å². The molecule has 276 valence electrons.